The Labute approximate surface area is 139 Å². The Bertz CT molecular complexity index is 737. The largest absolute Gasteiger partial charge is 0.476 e. The third kappa shape index (κ3) is 3.08. The number of carbonyl (C=O) groups is 1. The molecule has 7 heteroatoms. The lowest BCUT2D eigenvalue weighted by Crippen LogP contribution is -2.45. The van der Waals surface area contributed by atoms with Crippen molar-refractivity contribution in [2.45, 2.75) is 12.0 Å². The van der Waals surface area contributed by atoms with Gasteiger partial charge in [0.2, 0.25) is 0 Å². The second-order valence-electron chi connectivity index (χ2n) is 5.60. The molecule has 2 heterocycles. The minimum Gasteiger partial charge on any atom is -0.476 e. The van der Waals surface area contributed by atoms with E-state index in [0.29, 0.717) is 19.8 Å². The smallest absolute Gasteiger partial charge is 0.358 e. The van der Waals surface area contributed by atoms with Crippen molar-refractivity contribution in [1.29, 1.82) is 0 Å². The highest BCUT2D eigenvalue weighted by Crippen LogP contribution is 2.34. The van der Waals surface area contributed by atoms with Crippen LogP contribution in [0, 0.1) is 0 Å². The van der Waals surface area contributed by atoms with E-state index in [4.69, 9.17) is 9.47 Å². The highest BCUT2D eigenvalue weighted by atomic mass is 16.5. The first kappa shape index (κ1) is 16.4. The van der Waals surface area contributed by atoms with E-state index in [-0.39, 0.29) is 11.5 Å². The maximum Gasteiger partial charge on any atom is 0.358 e. The summed E-state index contributed by atoms with van der Waals surface area (Å²) in [5, 5.41) is 12.3. The van der Waals surface area contributed by atoms with Crippen LogP contribution in [-0.4, -0.2) is 47.9 Å². The van der Waals surface area contributed by atoms with Crippen molar-refractivity contribution >= 4 is 11.8 Å². The summed E-state index contributed by atoms with van der Waals surface area (Å²) < 4.78 is 11.5. The van der Waals surface area contributed by atoms with Crippen LogP contribution in [0.15, 0.2) is 36.7 Å². The average molecular weight is 329 g/mol. The lowest BCUT2D eigenvalue weighted by molar-refractivity contribution is -0.0937. The van der Waals surface area contributed by atoms with Crippen molar-refractivity contribution < 1.29 is 19.4 Å². The molecule has 1 atom stereocenters. The SMILES string of the molecule is COCC1(CNc2nccnc2C(=O)O)OCCc2ccccc21. The van der Waals surface area contributed by atoms with Crippen molar-refractivity contribution in [2.75, 3.05) is 32.2 Å². The number of aromatic nitrogens is 2. The summed E-state index contributed by atoms with van der Waals surface area (Å²) in [7, 11) is 1.62. The van der Waals surface area contributed by atoms with Crippen LogP contribution < -0.4 is 5.32 Å². The number of hydrogen-bond donors (Lipinski definition) is 2. The molecule has 2 N–H and O–H groups in total. The van der Waals surface area contributed by atoms with Crippen LogP contribution in [0.4, 0.5) is 5.82 Å². The van der Waals surface area contributed by atoms with Gasteiger partial charge in [-0.05, 0) is 17.5 Å². The van der Waals surface area contributed by atoms with Crippen LogP contribution in [0.1, 0.15) is 21.6 Å². The Morgan fingerprint density at radius 2 is 2.17 bits per heavy atom. The maximum absolute atomic E-state index is 11.3. The predicted octanol–water partition coefficient (Wildman–Crippen LogP) is 1.70. The fraction of sp³-hybridized carbons (Fsp3) is 0.353. The zero-order chi connectivity index (χ0) is 17.0. The third-order valence-corrected chi connectivity index (χ3v) is 4.08. The van der Waals surface area contributed by atoms with Crippen LogP contribution in [0.25, 0.3) is 0 Å². The number of nitrogens with one attached hydrogen (secondary N) is 1. The van der Waals surface area contributed by atoms with E-state index in [9.17, 15) is 9.90 Å². The molecule has 7 nitrogen and oxygen atoms in total. The summed E-state index contributed by atoms with van der Waals surface area (Å²) in [6.07, 6.45) is 3.65. The van der Waals surface area contributed by atoms with E-state index in [1.54, 1.807) is 7.11 Å². The van der Waals surface area contributed by atoms with Crippen molar-refractivity contribution in [3.05, 3.63) is 53.5 Å². The van der Waals surface area contributed by atoms with Crippen molar-refractivity contribution in [1.82, 2.24) is 9.97 Å². The standard InChI is InChI=1S/C17H19N3O4/c1-23-11-17(13-5-3-2-4-12(13)6-9-24-17)10-20-15-14(16(21)22)18-7-8-19-15/h2-5,7-8H,6,9-11H2,1H3,(H,19,20)(H,21,22). The van der Waals surface area contributed by atoms with E-state index in [2.05, 4.69) is 21.4 Å². The van der Waals surface area contributed by atoms with Gasteiger partial charge in [-0.2, -0.15) is 0 Å². The van der Waals surface area contributed by atoms with Gasteiger partial charge < -0.3 is 19.9 Å². The number of hydrogen-bond acceptors (Lipinski definition) is 6. The predicted molar refractivity (Wildman–Crippen MR) is 87.1 cm³/mol. The van der Waals surface area contributed by atoms with E-state index in [1.807, 2.05) is 18.2 Å². The summed E-state index contributed by atoms with van der Waals surface area (Å²) in [5.41, 5.74) is 1.44. The Morgan fingerprint density at radius 3 is 2.96 bits per heavy atom. The van der Waals surface area contributed by atoms with Crippen LogP contribution in [-0.2, 0) is 21.5 Å². The van der Waals surface area contributed by atoms with Crippen molar-refractivity contribution in [2.24, 2.45) is 0 Å². The highest BCUT2D eigenvalue weighted by molar-refractivity contribution is 5.90. The Balaban J connectivity index is 1.90. The van der Waals surface area contributed by atoms with Gasteiger partial charge in [0.25, 0.3) is 0 Å². The molecular weight excluding hydrogens is 310 g/mol. The first-order valence-corrected chi connectivity index (χ1v) is 7.66. The van der Waals surface area contributed by atoms with Gasteiger partial charge in [-0.1, -0.05) is 24.3 Å². The number of anilines is 1. The number of aromatic carboxylic acids is 1. The third-order valence-electron chi connectivity index (χ3n) is 4.08. The van der Waals surface area contributed by atoms with E-state index in [1.165, 1.54) is 18.0 Å². The summed E-state index contributed by atoms with van der Waals surface area (Å²) in [6.45, 7) is 1.25. The topological polar surface area (TPSA) is 93.6 Å². The van der Waals surface area contributed by atoms with Crippen LogP contribution in [0.5, 0.6) is 0 Å². The molecule has 1 aliphatic heterocycles. The monoisotopic (exact) mass is 329 g/mol. The van der Waals surface area contributed by atoms with Gasteiger partial charge in [0.1, 0.15) is 5.60 Å². The number of benzene rings is 1. The van der Waals surface area contributed by atoms with Gasteiger partial charge in [0, 0.05) is 19.5 Å². The van der Waals surface area contributed by atoms with Crippen molar-refractivity contribution in [3.63, 3.8) is 0 Å². The molecule has 0 spiro atoms. The van der Waals surface area contributed by atoms with E-state index in [0.717, 1.165) is 12.0 Å². The molecular formula is C17H19N3O4. The number of methoxy groups -OCH3 is 1. The zero-order valence-electron chi connectivity index (χ0n) is 13.4. The van der Waals surface area contributed by atoms with Gasteiger partial charge >= 0.3 is 5.97 Å². The molecule has 1 aliphatic rings. The van der Waals surface area contributed by atoms with E-state index >= 15 is 0 Å². The molecule has 24 heavy (non-hydrogen) atoms. The van der Waals surface area contributed by atoms with E-state index < -0.39 is 11.6 Å². The van der Waals surface area contributed by atoms with Gasteiger partial charge in [0.15, 0.2) is 11.5 Å². The lowest BCUT2D eigenvalue weighted by atomic mass is 9.86. The molecule has 0 saturated heterocycles. The number of rotatable bonds is 6. The molecule has 0 aliphatic carbocycles. The summed E-state index contributed by atoms with van der Waals surface area (Å²) in [6, 6.07) is 8.06. The summed E-state index contributed by atoms with van der Waals surface area (Å²) in [4.78, 5) is 19.2. The number of carboxylic acids is 1. The van der Waals surface area contributed by atoms with Crippen LogP contribution >= 0.6 is 0 Å². The Kier molecular flexibility index (Phi) is 4.73. The molecule has 0 radical (unpaired) electrons. The van der Waals surface area contributed by atoms with Gasteiger partial charge in [0.05, 0.1) is 19.8 Å². The van der Waals surface area contributed by atoms with Gasteiger partial charge in [-0.15, -0.1) is 0 Å². The lowest BCUT2D eigenvalue weighted by Gasteiger charge is -2.39. The average Bonchev–Trinajstić information content (AvgIpc) is 2.61. The van der Waals surface area contributed by atoms with Gasteiger partial charge in [-0.25, -0.2) is 14.8 Å². The fourth-order valence-electron chi connectivity index (χ4n) is 3.02. The quantitative estimate of drug-likeness (QED) is 0.833. The molecule has 1 unspecified atom stereocenters. The number of ether oxygens (including phenoxy) is 2. The minimum atomic E-state index is -1.13. The second kappa shape index (κ2) is 6.94. The summed E-state index contributed by atoms with van der Waals surface area (Å²) >= 11 is 0. The molecule has 3 rings (SSSR count). The maximum atomic E-state index is 11.3. The fourth-order valence-corrected chi connectivity index (χ4v) is 3.02. The first-order chi connectivity index (χ1) is 11.7. The number of nitrogens with zero attached hydrogens (tertiary/aromatic N) is 2. The van der Waals surface area contributed by atoms with Gasteiger partial charge in [-0.3, -0.25) is 0 Å². The zero-order valence-corrected chi connectivity index (χ0v) is 13.4. The molecule has 0 fully saturated rings. The number of fused-ring (bicyclic) bond motifs is 1. The van der Waals surface area contributed by atoms with Crippen LogP contribution in [0.2, 0.25) is 0 Å². The molecule has 0 bridgehead atoms. The molecule has 1 aromatic carbocycles. The molecule has 2 aromatic rings. The molecule has 126 valence electrons. The Morgan fingerprint density at radius 1 is 1.38 bits per heavy atom. The first-order valence-electron chi connectivity index (χ1n) is 7.66. The number of carboxylic acid groups (broad SMARTS) is 1. The molecule has 0 amide bonds. The van der Waals surface area contributed by atoms with Crippen molar-refractivity contribution in [3.8, 4) is 0 Å². The Hall–Kier alpha value is -2.51. The summed E-state index contributed by atoms with van der Waals surface area (Å²) in [5.74, 6) is -0.913. The molecule has 1 aromatic heterocycles. The molecule has 0 saturated carbocycles. The second-order valence-corrected chi connectivity index (χ2v) is 5.60. The normalized spacial score (nSPS) is 19.5. The minimum absolute atomic E-state index is 0.117. The van der Waals surface area contributed by atoms with Crippen LogP contribution in [0.3, 0.4) is 0 Å². The highest BCUT2D eigenvalue weighted by Gasteiger charge is 2.38.